The Labute approximate surface area is 218 Å². The minimum atomic E-state index is -0.960. The van der Waals surface area contributed by atoms with E-state index >= 15 is 0 Å². The van der Waals surface area contributed by atoms with Crippen molar-refractivity contribution in [3.63, 3.8) is 0 Å². The van der Waals surface area contributed by atoms with Crippen LogP contribution in [0.2, 0.25) is 5.02 Å². The maximum absolute atomic E-state index is 12.5. The van der Waals surface area contributed by atoms with E-state index in [1.54, 1.807) is 31.2 Å². The number of benzene rings is 2. The largest absolute Gasteiger partial charge is 0.481 e. The average molecular weight is 522 g/mol. The fourth-order valence-corrected chi connectivity index (χ4v) is 4.00. The van der Waals surface area contributed by atoms with Gasteiger partial charge in [-0.15, -0.1) is 0 Å². The molecular formula is C27H24ClN3O6. The van der Waals surface area contributed by atoms with E-state index in [-0.39, 0.29) is 13.0 Å². The Bertz CT molecular complexity index is 1440. The first-order chi connectivity index (χ1) is 17.9. The molecule has 0 aliphatic rings. The molecule has 2 aromatic heterocycles. The van der Waals surface area contributed by atoms with Crippen molar-refractivity contribution in [1.29, 1.82) is 0 Å². The van der Waals surface area contributed by atoms with E-state index in [0.717, 1.165) is 11.1 Å². The Hall–Kier alpha value is -4.37. The van der Waals surface area contributed by atoms with Crippen LogP contribution in [0.25, 0.3) is 22.5 Å². The van der Waals surface area contributed by atoms with Gasteiger partial charge in [0, 0.05) is 28.8 Å². The molecule has 0 aliphatic heterocycles. The summed E-state index contributed by atoms with van der Waals surface area (Å²) in [4.78, 5) is 27.9. The minimum Gasteiger partial charge on any atom is -0.481 e. The number of nitrogens with zero attached hydrogens (tertiary/aromatic N) is 2. The van der Waals surface area contributed by atoms with Crippen molar-refractivity contribution < 1.29 is 28.7 Å². The maximum Gasteiger partial charge on any atom is 0.411 e. The summed E-state index contributed by atoms with van der Waals surface area (Å²) in [5.74, 6) is -0.269. The number of methoxy groups -OCH3 is 1. The number of rotatable bonds is 9. The molecule has 1 amide bonds. The van der Waals surface area contributed by atoms with Crippen molar-refractivity contribution in [2.45, 2.75) is 19.8 Å². The quantitative estimate of drug-likeness (QED) is 0.283. The van der Waals surface area contributed by atoms with Gasteiger partial charge in [0.05, 0.1) is 20.1 Å². The lowest BCUT2D eigenvalue weighted by Crippen LogP contribution is -2.16. The molecule has 9 nitrogen and oxygen atoms in total. The number of hydrogen-bond donors (Lipinski definition) is 2. The molecule has 0 aliphatic carbocycles. The number of amides is 1. The number of carbonyl (C=O) groups is 2. The molecule has 0 saturated heterocycles. The van der Waals surface area contributed by atoms with Crippen LogP contribution in [0.1, 0.15) is 16.8 Å². The second kappa shape index (κ2) is 11.6. The highest BCUT2D eigenvalue weighted by Gasteiger charge is 2.20. The molecular weight excluding hydrogens is 498 g/mol. The van der Waals surface area contributed by atoms with Gasteiger partial charge in [0.2, 0.25) is 5.88 Å². The van der Waals surface area contributed by atoms with Gasteiger partial charge in [-0.3, -0.25) is 10.1 Å². The summed E-state index contributed by atoms with van der Waals surface area (Å²) < 4.78 is 16.3. The molecule has 0 radical (unpaired) electrons. The molecule has 2 N–H and O–H groups in total. The third kappa shape index (κ3) is 6.25. The summed E-state index contributed by atoms with van der Waals surface area (Å²) in [6, 6.07) is 16.4. The second-order valence-electron chi connectivity index (χ2n) is 8.13. The number of anilines is 1. The molecule has 0 unspecified atom stereocenters. The fraction of sp³-hybridized carbons (Fsp3) is 0.185. The summed E-state index contributed by atoms with van der Waals surface area (Å²) in [5.41, 5.74) is 4.24. The van der Waals surface area contributed by atoms with E-state index in [1.807, 2.05) is 30.3 Å². The van der Waals surface area contributed by atoms with Gasteiger partial charge in [-0.1, -0.05) is 53.2 Å². The lowest BCUT2D eigenvalue weighted by Gasteiger charge is -2.11. The third-order valence-corrected chi connectivity index (χ3v) is 5.91. The first kappa shape index (κ1) is 25.7. The Morgan fingerprint density at radius 1 is 1.11 bits per heavy atom. The number of aliphatic carboxylic acids is 1. The Balaban J connectivity index is 1.54. The number of aryl methyl sites for hydroxylation is 1. The van der Waals surface area contributed by atoms with Crippen LogP contribution in [0.15, 0.2) is 65.3 Å². The van der Waals surface area contributed by atoms with E-state index in [4.69, 9.17) is 30.7 Å². The molecule has 0 atom stereocenters. The predicted octanol–water partition coefficient (Wildman–Crippen LogP) is 5.79. The number of carboxylic acid groups (broad SMARTS) is 1. The summed E-state index contributed by atoms with van der Waals surface area (Å²) in [6.07, 6.45) is 1.13. The van der Waals surface area contributed by atoms with Crippen molar-refractivity contribution in [3.8, 4) is 28.3 Å². The second-order valence-corrected chi connectivity index (χ2v) is 8.53. The van der Waals surface area contributed by atoms with Crippen LogP contribution < -0.4 is 10.1 Å². The van der Waals surface area contributed by atoms with Gasteiger partial charge in [-0.2, -0.15) is 0 Å². The highest BCUT2D eigenvalue weighted by atomic mass is 35.5. The van der Waals surface area contributed by atoms with E-state index in [1.165, 1.54) is 13.3 Å². The lowest BCUT2D eigenvalue weighted by atomic mass is 10.0. The molecule has 2 aromatic carbocycles. The SMILES string of the molecule is COc1ncc(CC(=O)O)cc1-c1cccc(-c2onc(C)c2NC(=O)OCCc2ccccc2Cl)c1. The van der Waals surface area contributed by atoms with Gasteiger partial charge >= 0.3 is 12.1 Å². The van der Waals surface area contributed by atoms with Crippen molar-refractivity contribution >= 4 is 29.4 Å². The molecule has 0 bridgehead atoms. The molecule has 2 heterocycles. The summed E-state index contributed by atoms with van der Waals surface area (Å²) in [7, 11) is 1.49. The summed E-state index contributed by atoms with van der Waals surface area (Å²) in [6.45, 7) is 1.85. The first-order valence-electron chi connectivity index (χ1n) is 11.3. The highest BCUT2D eigenvalue weighted by Crippen LogP contribution is 2.36. The summed E-state index contributed by atoms with van der Waals surface area (Å²) >= 11 is 6.16. The van der Waals surface area contributed by atoms with E-state index < -0.39 is 12.1 Å². The van der Waals surface area contributed by atoms with Gasteiger partial charge < -0.3 is 19.1 Å². The number of carboxylic acids is 1. The predicted molar refractivity (Wildman–Crippen MR) is 138 cm³/mol. The maximum atomic E-state index is 12.5. The molecule has 0 saturated carbocycles. The zero-order chi connectivity index (χ0) is 26.4. The van der Waals surface area contributed by atoms with Crippen LogP contribution in [0.4, 0.5) is 10.5 Å². The van der Waals surface area contributed by atoms with Gasteiger partial charge in [0.1, 0.15) is 11.4 Å². The number of nitrogens with one attached hydrogen (secondary N) is 1. The molecule has 0 fully saturated rings. The number of aromatic nitrogens is 2. The Kier molecular flexibility index (Phi) is 8.05. The van der Waals surface area contributed by atoms with Gasteiger partial charge in [-0.25, -0.2) is 9.78 Å². The highest BCUT2D eigenvalue weighted by molar-refractivity contribution is 6.31. The smallest absolute Gasteiger partial charge is 0.411 e. The molecule has 4 aromatic rings. The van der Waals surface area contributed by atoms with Crippen LogP contribution in [0.5, 0.6) is 5.88 Å². The van der Waals surface area contributed by atoms with Crippen LogP contribution >= 0.6 is 11.6 Å². The topological polar surface area (TPSA) is 124 Å². The van der Waals surface area contributed by atoms with Crippen molar-refractivity contribution in [3.05, 3.63) is 82.6 Å². The monoisotopic (exact) mass is 521 g/mol. The van der Waals surface area contributed by atoms with E-state index in [9.17, 15) is 9.59 Å². The number of carbonyl (C=O) groups excluding carboxylic acids is 1. The van der Waals surface area contributed by atoms with Crippen molar-refractivity contribution in [2.24, 2.45) is 0 Å². The number of hydrogen-bond acceptors (Lipinski definition) is 7. The van der Waals surface area contributed by atoms with Gasteiger partial charge in [0.15, 0.2) is 5.76 Å². The van der Waals surface area contributed by atoms with Crippen LogP contribution in [0, 0.1) is 6.92 Å². The third-order valence-electron chi connectivity index (χ3n) is 5.54. The van der Waals surface area contributed by atoms with E-state index in [2.05, 4.69) is 15.5 Å². The molecule has 4 rings (SSSR count). The molecule has 190 valence electrons. The Morgan fingerprint density at radius 3 is 2.65 bits per heavy atom. The normalized spacial score (nSPS) is 10.7. The molecule has 37 heavy (non-hydrogen) atoms. The first-order valence-corrected chi connectivity index (χ1v) is 11.7. The number of pyridine rings is 1. The molecule has 0 spiro atoms. The minimum absolute atomic E-state index is 0.143. The zero-order valence-corrected chi connectivity index (χ0v) is 20.9. The average Bonchev–Trinajstić information content (AvgIpc) is 3.24. The number of ether oxygens (including phenoxy) is 2. The number of halogens is 1. The Morgan fingerprint density at radius 2 is 1.89 bits per heavy atom. The lowest BCUT2D eigenvalue weighted by molar-refractivity contribution is -0.136. The van der Waals surface area contributed by atoms with Crippen molar-refractivity contribution in [2.75, 3.05) is 19.0 Å². The summed E-state index contributed by atoms with van der Waals surface area (Å²) in [5, 5.41) is 16.5. The van der Waals surface area contributed by atoms with Gasteiger partial charge in [0.25, 0.3) is 0 Å². The van der Waals surface area contributed by atoms with Crippen LogP contribution in [0.3, 0.4) is 0 Å². The molecule has 10 heteroatoms. The zero-order valence-electron chi connectivity index (χ0n) is 20.2. The fourth-order valence-electron chi connectivity index (χ4n) is 3.77. The van der Waals surface area contributed by atoms with Crippen molar-refractivity contribution in [1.82, 2.24) is 10.1 Å². The van der Waals surface area contributed by atoms with Crippen LogP contribution in [-0.2, 0) is 22.4 Å². The van der Waals surface area contributed by atoms with Gasteiger partial charge in [-0.05, 0) is 41.8 Å². The van der Waals surface area contributed by atoms with Crippen LogP contribution in [-0.4, -0.2) is 41.0 Å². The standard InChI is InChI=1S/C27H24ClN3O6/c1-16-24(30-27(34)36-11-10-18-6-3-4-9-22(18)28)25(37-31-16)20-8-5-7-19(14-20)21-12-17(13-23(32)33)15-29-26(21)35-2/h3-9,12,14-15H,10-11,13H2,1-2H3,(H,30,34)(H,32,33). The van der Waals surface area contributed by atoms with E-state index in [0.29, 0.717) is 51.2 Å².